The minimum absolute atomic E-state index is 0.0282. The third-order valence-electron chi connectivity index (χ3n) is 5.31. The van der Waals surface area contributed by atoms with Gasteiger partial charge < -0.3 is 23.7 Å². The normalized spacial score (nSPS) is 13.4. The minimum atomic E-state index is -2.26. The van der Waals surface area contributed by atoms with Gasteiger partial charge in [-0.1, -0.05) is 0 Å². The number of methoxy groups -OCH3 is 3. The summed E-state index contributed by atoms with van der Waals surface area (Å²) >= 11 is 0. The predicted molar refractivity (Wildman–Crippen MR) is 116 cm³/mol. The topological polar surface area (TPSA) is 63.2 Å². The van der Waals surface area contributed by atoms with Crippen LogP contribution in [-0.4, -0.2) is 27.1 Å². The highest BCUT2D eigenvalue weighted by Gasteiger charge is 2.29. The van der Waals surface area contributed by atoms with Crippen LogP contribution in [0.2, 0.25) is 0 Å². The molecule has 1 aliphatic rings. The first-order chi connectivity index (χ1) is 17.2. The fourth-order valence-corrected chi connectivity index (χ4v) is 3.53. The third-order valence-corrected chi connectivity index (χ3v) is 5.31. The molecule has 11 heteroatoms. The fourth-order valence-electron chi connectivity index (χ4n) is 3.53. The largest absolute Gasteiger partial charge is 0.493 e. The Hall–Kier alpha value is -4.28. The lowest BCUT2D eigenvalue weighted by atomic mass is 10.1. The van der Waals surface area contributed by atoms with Crippen molar-refractivity contribution in [1.29, 1.82) is 0 Å². The quantitative estimate of drug-likeness (QED) is 0.179. The van der Waals surface area contributed by atoms with Gasteiger partial charge >= 0.3 is 0 Å². The summed E-state index contributed by atoms with van der Waals surface area (Å²) in [6, 6.07) is 7.12. The molecule has 3 aromatic rings. The summed E-state index contributed by atoms with van der Waals surface area (Å²) in [5, 5.41) is 0. The summed E-state index contributed by atoms with van der Waals surface area (Å²) < 4.78 is 94.5. The summed E-state index contributed by atoms with van der Waals surface area (Å²) in [6.07, 6.45) is 1.45. The molecule has 0 saturated carbocycles. The van der Waals surface area contributed by atoms with Crippen LogP contribution in [0.25, 0.3) is 6.08 Å². The van der Waals surface area contributed by atoms with Crippen molar-refractivity contribution in [2.75, 3.05) is 21.3 Å². The van der Waals surface area contributed by atoms with Gasteiger partial charge in [0.2, 0.25) is 17.3 Å². The van der Waals surface area contributed by atoms with E-state index < -0.39 is 47.0 Å². The molecule has 4 rings (SSSR count). The molecule has 0 radical (unpaired) electrons. The molecule has 0 spiro atoms. The second-order valence-corrected chi connectivity index (χ2v) is 7.39. The smallest absolute Gasteiger partial charge is 0.231 e. The monoisotopic (exact) mass is 508 g/mol. The van der Waals surface area contributed by atoms with E-state index in [9.17, 15) is 26.7 Å². The molecule has 0 bridgehead atoms. The number of benzene rings is 3. The van der Waals surface area contributed by atoms with Gasteiger partial charge in [0, 0.05) is 6.07 Å². The molecule has 0 atom stereocenters. The van der Waals surface area contributed by atoms with Crippen LogP contribution in [0, 0.1) is 29.1 Å². The fraction of sp³-hybridized carbons (Fsp3) is 0.160. The Bertz CT molecular complexity index is 1350. The standard InChI is InChI=1S/C25H17F5O6/c1-32-17-7-11(8-18(33-2)25(17)34-3)6-16-24(31)13-5-4-12(9-15(13)36-16)35-10-14-19(26)21(28)23(30)22(29)20(14)27/h4-9H,10H2,1-3H3. The van der Waals surface area contributed by atoms with Gasteiger partial charge in [-0.2, -0.15) is 0 Å². The van der Waals surface area contributed by atoms with Gasteiger partial charge in [0.15, 0.2) is 40.5 Å². The van der Waals surface area contributed by atoms with Gasteiger partial charge in [-0.05, 0) is 35.9 Å². The first-order valence-corrected chi connectivity index (χ1v) is 10.2. The van der Waals surface area contributed by atoms with Crippen LogP contribution in [0.15, 0.2) is 36.1 Å². The number of allylic oxidation sites excluding steroid dienone is 1. The molecule has 0 saturated heterocycles. The van der Waals surface area contributed by atoms with E-state index in [4.69, 9.17) is 23.7 Å². The van der Waals surface area contributed by atoms with Crippen LogP contribution in [0.3, 0.4) is 0 Å². The second-order valence-electron chi connectivity index (χ2n) is 7.39. The van der Waals surface area contributed by atoms with Gasteiger partial charge in [-0.3, -0.25) is 4.79 Å². The zero-order valence-corrected chi connectivity index (χ0v) is 19.0. The summed E-state index contributed by atoms with van der Waals surface area (Å²) in [7, 11) is 4.33. The zero-order valence-electron chi connectivity index (χ0n) is 19.0. The Labute approximate surface area is 201 Å². The van der Waals surface area contributed by atoms with Crippen LogP contribution in [0.4, 0.5) is 22.0 Å². The zero-order chi connectivity index (χ0) is 26.1. The minimum Gasteiger partial charge on any atom is -0.493 e. The molecule has 0 aromatic heterocycles. The molecule has 0 fully saturated rings. The van der Waals surface area contributed by atoms with E-state index in [2.05, 4.69) is 0 Å². The predicted octanol–water partition coefficient (Wildman–Crippen LogP) is 5.60. The summed E-state index contributed by atoms with van der Waals surface area (Å²) in [5.74, 6) is -9.76. The molecule has 1 heterocycles. The number of Topliss-reactive ketones (excluding diaryl/α,β-unsaturated/α-hetero) is 1. The molecule has 0 N–H and O–H groups in total. The summed E-state index contributed by atoms with van der Waals surface area (Å²) in [4.78, 5) is 12.8. The van der Waals surface area contributed by atoms with Crippen molar-refractivity contribution in [1.82, 2.24) is 0 Å². The van der Waals surface area contributed by atoms with Crippen LogP contribution < -0.4 is 23.7 Å². The highest BCUT2D eigenvalue weighted by atomic mass is 19.2. The Morgan fingerprint density at radius 1 is 0.806 bits per heavy atom. The van der Waals surface area contributed by atoms with E-state index in [0.717, 1.165) is 0 Å². The lowest BCUT2D eigenvalue weighted by Crippen LogP contribution is -2.09. The van der Waals surface area contributed by atoms with Crippen molar-refractivity contribution >= 4 is 11.9 Å². The number of carbonyl (C=O) groups excluding carboxylic acids is 1. The number of ether oxygens (including phenoxy) is 5. The molecule has 36 heavy (non-hydrogen) atoms. The van der Waals surface area contributed by atoms with Crippen molar-refractivity contribution in [3.8, 4) is 28.7 Å². The highest BCUT2D eigenvalue weighted by molar-refractivity contribution is 6.14. The van der Waals surface area contributed by atoms with Crippen molar-refractivity contribution < 1.29 is 50.4 Å². The van der Waals surface area contributed by atoms with Gasteiger partial charge in [-0.25, -0.2) is 22.0 Å². The maximum Gasteiger partial charge on any atom is 0.231 e. The van der Waals surface area contributed by atoms with Crippen LogP contribution in [-0.2, 0) is 6.61 Å². The number of hydrogen-bond donors (Lipinski definition) is 0. The number of halogens is 5. The number of ketones is 1. The van der Waals surface area contributed by atoms with E-state index in [1.165, 1.54) is 45.6 Å². The van der Waals surface area contributed by atoms with E-state index >= 15 is 0 Å². The van der Waals surface area contributed by atoms with Crippen molar-refractivity contribution in [2.24, 2.45) is 0 Å². The average Bonchev–Trinajstić information content (AvgIpc) is 3.19. The number of hydrogen-bond acceptors (Lipinski definition) is 6. The molecule has 0 unspecified atom stereocenters. The molecule has 6 nitrogen and oxygen atoms in total. The maximum atomic E-state index is 13.9. The Kier molecular flexibility index (Phi) is 6.73. The molecule has 3 aromatic carbocycles. The first kappa shape index (κ1) is 24.8. The van der Waals surface area contributed by atoms with Gasteiger partial charge in [0.05, 0.1) is 32.5 Å². The Morgan fingerprint density at radius 2 is 1.39 bits per heavy atom. The van der Waals surface area contributed by atoms with Crippen molar-refractivity contribution in [2.45, 2.75) is 6.61 Å². The van der Waals surface area contributed by atoms with Gasteiger partial charge in [-0.15, -0.1) is 0 Å². The summed E-state index contributed by atoms with van der Waals surface area (Å²) in [6.45, 7) is -0.952. The number of rotatable bonds is 7. The molecule has 0 amide bonds. The molecule has 1 aliphatic heterocycles. The lowest BCUT2D eigenvalue weighted by molar-refractivity contribution is 0.101. The lowest BCUT2D eigenvalue weighted by Gasteiger charge is -2.13. The molecule has 0 aliphatic carbocycles. The van der Waals surface area contributed by atoms with E-state index in [1.54, 1.807) is 12.1 Å². The van der Waals surface area contributed by atoms with Crippen LogP contribution in [0.5, 0.6) is 28.7 Å². The SMILES string of the molecule is COc1cc(C=C2Oc3cc(OCc4c(F)c(F)c(F)c(F)c4F)ccc3C2=O)cc(OC)c1OC. The third kappa shape index (κ3) is 4.28. The van der Waals surface area contributed by atoms with Crippen molar-refractivity contribution in [3.63, 3.8) is 0 Å². The number of carbonyl (C=O) groups is 1. The summed E-state index contributed by atoms with van der Waals surface area (Å²) in [5.41, 5.74) is -0.451. The number of fused-ring (bicyclic) bond motifs is 1. The Morgan fingerprint density at radius 3 is 1.94 bits per heavy atom. The molecular weight excluding hydrogens is 491 g/mol. The van der Waals surface area contributed by atoms with Gasteiger partial charge in [0.1, 0.15) is 18.1 Å². The molecular formula is C25H17F5O6. The highest BCUT2D eigenvalue weighted by Crippen LogP contribution is 2.40. The second kappa shape index (κ2) is 9.76. The van der Waals surface area contributed by atoms with E-state index in [-0.39, 0.29) is 22.8 Å². The first-order valence-electron chi connectivity index (χ1n) is 10.2. The van der Waals surface area contributed by atoms with Crippen molar-refractivity contribution in [3.05, 3.63) is 81.9 Å². The van der Waals surface area contributed by atoms with Crippen LogP contribution >= 0.6 is 0 Å². The van der Waals surface area contributed by atoms with Crippen LogP contribution in [0.1, 0.15) is 21.5 Å². The molecule has 188 valence electrons. The maximum absolute atomic E-state index is 13.9. The van der Waals surface area contributed by atoms with E-state index in [0.29, 0.717) is 22.8 Å². The van der Waals surface area contributed by atoms with E-state index in [1.807, 2.05) is 0 Å². The Balaban J connectivity index is 1.58. The average molecular weight is 508 g/mol. The van der Waals surface area contributed by atoms with Gasteiger partial charge in [0.25, 0.3) is 0 Å².